The molecule has 3 N–H and O–H groups in total. The fourth-order valence-electron chi connectivity index (χ4n) is 2.16. The van der Waals surface area contributed by atoms with E-state index in [1.807, 2.05) is 0 Å². The summed E-state index contributed by atoms with van der Waals surface area (Å²) in [6, 6.07) is 4.33. The van der Waals surface area contributed by atoms with Gasteiger partial charge in [0.2, 0.25) is 0 Å². The maximum absolute atomic E-state index is 13.5. The van der Waals surface area contributed by atoms with Crippen LogP contribution in [0.3, 0.4) is 0 Å². The van der Waals surface area contributed by atoms with Crippen molar-refractivity contribution in [3.8, 4) is 0 Å². The highest BCUT2D eigenvalue weighted by molar-refractivity contribution is 9.10. The molecule has 1 aliphatic carbocycles. The van der Waals surface area contributed by atoms with Gasteiger partial charge in [-0.3, -0.25) is 4.79 Å². The predicted octanol–water partition coefficient (Wildman–Crippen LogP) is 2.45. The van der Waals surface area contributed by atoms with Crippen LogP contribution in [0.1, 0.15) is 29.6 Å². The maximum Gasteiger partial charge on any atom is 0.254 e. The first kappa shape index (κ1) is 13.5. The zero-order valence-corrected chi connectivity index (χ0v) is 11.6. The quantitative estimate of drug-likeness (QED) is 0.897. The molecule has 0 bridgehead atoms. The summed E-state index contributed by atoms with van der Waals surface area (Å²) in [6.07, 6.45) is 3.22. The second-order valence-corrected chi connectivity index (χ2v) is 5.78. The van der Waals surface area contributed by atoms with Crippen molar-refractivity contribution in [2.45, 2.75) is 19.3 Å². The Balaban J connectivity index is 2.01. The Labute approximate surface area is 114 Å². The fourth-order valence-corrected chi connectivity index (χ4v) is 2.53. The molecule has 1 amide bonds. The lowest BCUT2D eigenvalue weighted by Crippen LogP contribution is -2.47. The second kappa shape index (κ2) is 5.36. The van der Waals surface area contributed by atoms with Crippen LogP contribution < -0.4 is 11.1 Å². The van der Waals surface area contributed by atoms with Gasteiger partial charge in [-0.05, 0) is 43.0 Å². The Bertz CT molecular complexity index is 455. The molecule has 1 aliphatic rings. The topological polar surface area (TPSA) is 55.1 Å². The average molecular weight is 315 g/mol. The Hall–Kier alpha value is -0.940. The molecular weight excluding hydrogens is 299 g/mol. The van der Waals surface area contributed by atoms with Crippen LogP contribution in [0.25, 0.3) is 0 Å². The Kier molecular flexibility index (Phi) is 4.02. The Morgan fingerprint density at radius 2 is 2.22 bits per heavy atom. The maximum atomic E-state index is 13.5. The lowest BCUT2D eigenvalue weighted by atomic mass is 9.69. The molecule has 3 nitrogen and oxygen atoms in total. The molecule has 0 aromatic heterocycles. The van der Waals surface area contributed by atoms with Crippen LogP contribution in [-0.4, -0.2) is 19.0 Å². The normalized spacial score (nSPS) is 17.1. The van der Waals surface area contributed by atoms with E-state index in [-0.39, 0.29) is 16.9 Å². The van der Waals surface area contributed by atoms with Gasteiger partial charge in [0.05, 0.1) is 5.56 Å². The van der Waals surface area contributed by atoms with Crippen molar-refractivity contribution in [1.29, 1.82) is 0 Å². The number of carbonyl (C=O) groups excluding carboxylic acids is 1. The molecule has 0 aliphatic heterocycles. The van der Waals surface area contributed by atoms with E-state index < -0.39 is 5.82 Å². The van der Waals surface area contributed by atoms with Crippen molar-refractivity contribution in [1.82, 2.24) is 5.32 Å². The highest BCUT2D eigenvalue weighted by Crippen LogP contribution is 2.39. The molecule has 2 rings (SSSR count). The summed E-state index contributed by atoms with van der Waals surface area (Å²) in [7, 11) is 0. The van der Waals surface area contributed by atoms with Crippen molar-refractivity contribution >= 4 is 21.8 Å². The number of nitrogens with two attached hydrogens (primary N) is 1. The van der Waals surface area contributed by atoms with Gasteiger partial charge in [-0.15, -0.1) is 0 Å². The minimum Gasteiger partial charge on any atom is -0.351 e. The number of amides is 1. The van der Waals surface area contributed by atoms with E-state index in [0.717, 1.165) is 19.3 Å². The van der Waals surface area contributed by atoms with E-state index in [4.69, 9.17) is 5.73 Å². The number of hydrogen-bond acceptors (Lipinski definition) is 2. The van der Waals surface area contributed by atoms with Gasteiger partial charge in [0.1, 0.15) is 5.82 Å². The first-order valence-electron chi connectivity index (χ1n) is 6.00. The SMILES string of the molecule is NCC1(CNC(=O)c2cc(Br)ccc2F)CCC1. The second-order valence-electron chi connectivity index (χ2n) is 4.86. The highest BCUT2D eigenvalue weighted by atomic mass is 79.9. The van der Waals surface area contributed by atoms with Crippen molar-refractivity contribution < 1.29 is 9.18 Å². The van der Waals surface area contributed by atoms with Gasteiger partial charge < -0.3 is 11.1 Å². The molecule has 0 heterocycles. The lowest BCUT2D eigenvalue weighted by molar-refractivity contribution is 0.0872. The average Bonchev–Trinajstić information content (AvgIpc) is 2.31. The first-order valence-corrected chi connectivity index (χ1v) is 6.79. The Morgan fingerprint density at radius 3 is 2.78 bits per heavy atom. The van der Waals surface area contributed by atoms with Gasteiger partial charge >= 0.3 is 0 Å². The molecule has 1 aromatic rings. The van der Waals surface area contributed by atoms with E-state index in [0.29, 0.717) is 17.6 Å². The lowest BCUT2D eigenvalue weighted by Gasteiger charge is -2.41. The number of benzene rings is 1. The number of carbonyl (C=O) groups is 1. The predicted molar refractivity (Wildman–Crippen MR) is 71.8 cm³/mol. The number of halogens is 2. The molecule has 0 radical (unpaired) electrons. The summed E-state index contributed by atoms with van der Waals surface area (Å²) < 4.78 is 14.2. The van der Waals surface area contributed by atoms with Crippen LogP contribution in [0, 0.1) is 11.2 Å². The third-order valence-electron chi connectivity index (χ3n) is 3.64. The molecule has 1 fully saturated rings. The Morgan fingerprint density at radius 1 is 1.50 bits per heavy atom. The zero-order valence-electron chi connectivity index (χ0n) is 10.0. The van der Waals surface area contributed by atoms with E-state index in [9.17, 15) is 9.18 Å². The summed E-state index contributed by atoms with van der Waals surface area (Å²) in [5, 5.41) is 2.78. The standard InChI is InChI=1S/C13H16BrFN2O/c14-9-2-3-11(15)10(6-9)12(18)17-8-13(7-16)4-1-5-13/h2-3,6H,1,4-5,7-8,16H2,(H,17,18). The smallest absolute Gasteiger partial charge is 0.254 e. The first-order chi connectivity index (χ1) is 8.56. The third-order valence-corrected chi connectivity index (χ3v) is 4.14. The largest absolute Gasteiger partial charge is 0.351 e. The molecule has 98 valence electrons. The monoisotopic (exact) mass is 314 g/mol. The van der Waals surface area contributed by atoms with Crippen molar-refractivity contribution in [3.05, 3.63) is 34.1 Å². The van der Waals surface area contributed by atoms with E-state index in [1.54, 1.807) is 6.07 Å². The summed E-state index contributed by atoms with van der Waals surface area (Å²) in [4.78, 5) is 11.9. The van der Waals surface area contributed by atoms with Crippen LogP contribution in [0.2, 0.25) is 0 Å². The third kappa shape index (κ3) is 2.72. The van der Waals surface area contributed by atoms with E-state index in [2.05, 4.69) is 21.2 Å². The fraction of sp³-hybridized carbons (Fsp3) is 0.462. The molecule has 0 saturated heterocycles. The van der Waals surface area contributed by atoms with Crippen molar-refractivity contribution in [2.24, 2.45) is 11.1 Å². The molecule has 5 heteroatoms. The van der Waals surface area contributed by atoms with E-state index >= 15 is 0 Å². The van der Waals surface area contributed by atoms with Crippen molar-refractivity contribution in [3.63, 3.8) is 0 Å². The van der Waals surface area contributed by atoms with Crippen LogP contribution >= 0.6 is 15.9 Å². The van der Waals surface area contributed by atoms with Crippen LogP contribution in [0.5, 0.6) is 0 Å². The van der Waals surface area contributed by atoms with Crippen molar-refractivity contribution in [2.75, 3.05) is 13.1 Å². The van der Waals surface area contributed by atoms with Crippen LogP contribution in [-0.2, 0) is 0 Å². The van der Waals surface area contributed by atoms with Gasteiger partial charge in [0, 0.05) is 11.0 Å². The molecule has 1 aromatic carbocycles. The van der Waals surface area contributed by atoms with Gasteiger partial charge in [0.15, 0.2) is 0 Å². The van der Waals surface area contributed by atoms with Gasteiger partial charge in [-0.1, -0.05) is 22.4 Å². The molecule has 18 heavy (non-hydrogen) atoms. The van der Waals surface area contributed by atoms with E-state index in [1.165, 1.54) is 12.1 Å². The molecule has 0 atom stereocenters. The highest BCUT2D eigenvalue weighted by Gasteiger charge is 2.35. The number of hydrogen-bond donors (Lipinski definition) is 2. The van der Waals surface area contributed by atoms with Gasteiger partial charge in [-0.25, -0.2) is 4.39 Å². The summed E-state index contributed by atoms with van der Waals surface area (Å²) >= 11 is 3.23. The summed E-state index contributed by atoms with van der Waals surface area (Å²) in [5.74, 6) is -0.889. The molecule has 1 saturated carbocycles. The summed E-state index contributed by atoms with van der Waals surface area (Å²) in [5.41, 5.74) is 5.81. The molecule has 0 unspecified atom stereocenters. The zero-order chi connectivity index (χ0) is 13.2. The molecule has 0 spiro atoms. The van der Waals surface area contributed by atoms with Gasteiger partial charge in [-0.2, -0.15) is 0 Å². The van der Waals surface area contributed by atoms with Crippen LogP contribution in [0.4, 0.5) is 4.39 Å². The minimum atomic E-state index is -0.508. The molecular formula is C13H16BrFN2O. The van der Waals surface area contributed by atoms with Gasteiger partial charge in [0.25, 0.3) is 5.91 Å². The van der Waals surface area contributed by atoms with Crippen LogP contribution in [0.15, 0.2) is 22.7 Å². The minimum absolute atomic E-state index is 0.0259. The number of nitrogens with one attached hydrogen (secondary N) is 1. The summed E-state index contributed by atoms with van der Waals surface area (Å²) in [6.45, 7) is 1.09. The number of rotatable bonds is 4.